The number of esters is 4. The molecule has 4 amide bonds. The molecule has 0 fully saturated rings. The van der Waals surface area contributed by atoms with Crippen molar-refractivity contribution in [1.29, 1.82) is 0 Å². The van der Waals surface area contributed by atoms with Crippen molar-refractivity contribution in [2.24, 2.45) is 11.8 Å². The molecular weight excluding hydrogens is 1040 g/mol. The third-order valence-electron chi connectivity index (χ3n) is 11.1. The maximum Gasteiger partial charge on any atom is 0.420 e. The summed E-state index contributed by atoms with van der Waals surface area (Å²) in [7, 11) is 0. The fraction of sp³-hybridized carbons (Fsp3) is 0.790. The van der Waals surface area contributed by atoms with Gasteiger partial charge in [-0.3, -0.25) is 9.59 Å². The lowest BCUT2D eigenvalue weighted by atomic mass is 9.90. The normalized spacial score (nSPS) is 14.3. The number of carbonyl (C=O) groups excluding carboxylic acids is 8. The number of hydrogen-bond acceptors (Lipinski definition) is 16. The SMILES string of the molecule is C[C@@H](CCCC[n+]1cc(CC[C@H](C)C(=O)OC(C)(C)C)c(CCC[C@@H](C(=O)OC(C)(C)C)N(C(=O)OC(C)(C)C)C(=O)OC(C)(C)C)c(CC[C@@H](C(=O)OC(C)(C)C)N(C(=O)OC(C)(C)C)C(=O)OC(C)(C)C)c1)C(=O)OC(C)(C)C. The first-order valence-corrected chi connectivity index (χ1v) is 28.7. The van der Waals surface area contributed by atoms with Crippen LogP contribution >= 0.6 is 0 Å². The lowest BCUT2D eigenvalue weighted by molar-refractivity contribution is -0.698. The standard InChI is InChI=1S/C62H106N3O16/c1-40(47(66)74-55(3,4)5)30-27-28-37-63-38-42(34-33-41(2)48(67)75-56(6,7)8)44(31-29-32-45(49(68)76-57(9,10)11)64(51(70)78-59(15,16)17)52(71)79-60(18,19)20)43(39-63)35-36-46(50(69)77-58(12,13)14)65(53(72)80-61(21,22)23)54(73)81-62(24,25)26/h38-41,45-46H,27-37H2,1-26H3/q+1/t40-,41-,45-,46-/m0/s1. The van der Waals surface area contributed by atoms with Crippen molar-refractivity contribution in [2.75, 3.05) is 0 Å². The zero-order chi connectivity index (χ0) is 63.2. The Balaban J connectivity index is 4.45. The molecule has 464 valence electrons. The number of nitrogens with zero attached hydrogens (tertiary/aromatic N) is 3. The third-order valence-corrected chi connectivity index (χ3v) is 11.1. The Bertz CT molecular complexity index is 2250. The summed E-state index contributed by atoms with van der Waals surface area (Å²) in [5.41, 5.74) is -5.60. The van der Waals surface area contributed by atoms with E-state index < -0.39 is 99.1 Å². The van der Waals surface area contributed by atoms with E-state index in [1.807, 2.05) is 44.7 Å². The zero-order valence-electron chi connectivity index (χ0n) is 54.6. The van der Waals surface area contributed by atoms with Gasteiger partial charge in [0.15, 0.2) is 12.4 Å². The molecule has 0 radical (unpaired) electrons. The van der Waals surface area contributed by atoms with Crippen LogP contribution in [-0.2, 0) is 82.9 Å². The summed E-state index contributed by atoms with van der Waals surface area (Å²) in [6, 6.07) is -3.11. The first kappa shape index (κ1) is 73.5. The summed E-state index contributed by atoms with van der Waals surface area (Å²) >= 11 is 0. The van der Waals surface area contributed by atoms with E-state index in [1.165, 1.54) is 0 Å². The quantitative estimate of drug-likeness (QED) is 0.0483. The fourth-order valence-electron chi connectivity index (χ4n) is 7.95. The summed E-state index contributed by atoms with van der Waals surface area (Å²) in [6.07, 6.45) is 2.06. The number of aryl methyl sites for hydroxylation is 3. The molecule has 0 N–H and O–H groups in total. The molecule has 0 saturated heterocycles. The Morgan fingerprint density at radius 2 is 0.642 bits per heavy atom. The molecule has 0 aromatic carbocycles. The molecule has 4 atom stereocenters. The van der Waals surface area contributed by atoms with Crippen LogP contribution in [0.3, 0.4) is 0 Å². The average Bonchev–Trinajstić information content (AvgIpc) is 3.20. The number of pyridine rings is 1. The van der Waals surface area contributed by atoms with E-state index in [2.05, 4.69) is 0 Å². The molecule has 0 saturated carbocycles. The van der Waals surface area contributed by atoms with Crippen LogP contribution in [0.5, 0.6) is 0 Å². The van der Waals surface area contributed by atoms with Crippen LogP contribution in [0, 0.1) is 11.8 Å². The lowest BCUT2D eigenvalue weighted by Crippen LogP contribution is -2.53. The molecule has 0 aliphatic rings. The average molecular weight is 1150 g/mol. The Kier molecular flexibility index (Phi) is 26.5. The summed E-state index contributed by atoms with van der Waals surface area (Å²) in [5, 5.41) is 0. The summed E-state index contributed by atoms with van der Waals surface area (Å²) in [6.45, 7) is 44.6. The first-order chi connectivity index (χ1) is 36.3. The minimum Gasteiger partial charge on any atom is -0.460 e. The molecule has 0 aliphatic heterocycles. The van der Waals surface area contributed by atoms with Gasteiger partial charge in [0.05, 0.1) is 11.8 Å². The third kappa shape index (κ3) is 30.4. The second-order valence-electron chi connectivity index (χ2n) is 29.1. The zero-order valence-corrected chi connectivity index (χ0v) is 54.6. The summed E-state index contributed by atoms with van der Waals surface area (Å²) < 4.78 is 48.2. The minimum atomic E-state index is -1.58. The number of amides is 4. The molecular formula is C62H106N3O16+. The number of ether oxygens (including phenoxy) is 8. The predicted molar refractivity (Wildman–Crippen MR) is 308 cm³/mol. The number of unbranched alkanes of at least 4 members (excludes halogenated alkanes) is 1. The lowest BCUT2D eigenvalue weighted by Gasteiger charge is -2.34. The molecule has 0 unspecified atom stereocenters. The smallest absolute Gasteiger partial charge is 0.420 e. The van der Waals surface area contributed by atoms with Gasteiger partial charge in [-0.05, 0) is 230 Å². The van der Waals surface area contributed by atoms with Gasteiger partial charge in [-0.15, -0.1) is 0 Å². The molecule has 0 spiro atoms. The van der Waals surface area contributed by atoms with Crippen molar-refractivity contribution < 1.29 is 80.8 Å². The van der Waals surface area contributed by atoms with E-state index >= 15 is 0 Å². The van der Waals surface area contributed by atoms with Crippen molar-refractivity contribution in [1.82, 2.24) is 9.80 Å². The van der Waals surface area contributed by atoms with E-state index in [0.717, 1.165) is 11.1 Å². The van der Waals surface area contributed by atoms with Crippen LogP contribution in [0.1, 0.15) is 242 Å². The van der Waals surface area contributed by atoms with Crippen LogP contribution in [0.25, 0.3) is 0 Å². The van der Waals surface area contributed by atoms with Gasteiger partial charge in [0.2, 0.25) is 0 Å². The molecule has 19 heteroatoms. The van der Waals surface area contributed by atoms with Gasteiger partial charge in [0.1, 0.15) is 63.4 Å². The van der Waals surface area contributed by atoms with E-state index in [9.17, 15) is 38.4 Å². The second kappa shape index (κ2) is 29.2. The highest BCUT2D eigenvalue weighted by molar-refractivity contribution is 5.95. The van der Waals surface area contributed by atoms with Gasteiger partial charge in [0, 0.05) is 17.5 Å². The van der Waals surface area contributed by atoms with E-state index in [1.54, 1.807) is 152 Å². The predicted octanol–water partition coefficient (Wildman–Crippen LogP) is 13.1. The molecule has 0 bridgehead atoms. The number of rotatable bonds is 21. The highest BCUT2D eigenvalue weighted by Crippen LogP contribution is 2.29. The maximum atomic E-state index is 14.5. The number of aromatic nitrogens is 1. The molecule has 0 aliphatic carbocycles. The highest BCUT2D eigenvalue weighted by Gasteiger charge is 2.44. The van der Waals surface area contributed by atoms with E-state index in [0.29, 0.717) is 54.0 Å². The topological polar surface area (TPSA) is 221 Å². The molecule has 1 heterocycles. The van der Waals surface area contributed by atoms with Crippen LogP contribution < -0.4 is 4.57 Å². The van der Waals surface area contributed by atoms with Crippen molar-refractivity contribution >= 4 is 48.3 Å². The van der Waals surface area contributed by atoms with Gasteiger partial charge >= 0.3 is 48.3 Å². The molecule has 1 rings (SSSR count). The van der Waals surface area contributed by atoms with Gasteiger partial charge in [0.25, 0.3) is 0 Å². The van der Waals surface area contributed by atoms with Gasteiger partial charge in [-0.2, -0.15) is 9.80 Å². The Labute approximate surface area is 485 Å². The molecule has 19 nitrogen and oxygen atoms in total. The van der Waals surface area contributed by atoms with Gasteiger partial charge < -0.3 is 37.9 Å². The Morgan fingerprint density at radius 1 is 0.358 bits per heavy atom. The van der Waals surface area contributed by atoms with Crippen molar-refractivity contribution in [3.63, 3.8) is 0 Å². The number of hydrogen-bond donors (Lipinski definition) is 0. The molecule has 1 aromatic heterocycles. The number of imide groups is 2. The van der Waals surface area contributed by atoms with Crippen LogP contribution in [0.15, 0.2) is 12.4 Å². The van der Waals surface area contributed by atoms with Crippen molar-refractivity contribution in [2.45, 2.75) is 308 Å². The highest BCUT2D eigenvalue weighted by atomic mass is 16.6. The van der Waals surface area contributed by atoms with Crippen LogP contribution in [0.2, 0.25) is 0 Å². The molecule has 1 aromatic rings. The Morgan fingerprint density at radius 3 is 0.963 bits per heavy atom. The van der Waals surface area contributed by atoms with Crippen molar-refractivity contribution in [3.05, 3.63) is 29.1 Å². The van der Waals surface area contributed by atoms with Gasteiger partial charge in [-0.1, -0.05) is 13.8 Å². The van der Waals surface area contributed by atoms with E-state index in [-0.39, 0.29) is 50.0 Å². The van der Waals surface area contributed by atoms with Crippen molar-refractivity contribution in [3.8, 4) is 0 Å². The largest absolute Gasteiger partial charge is 0.460 e. The van der Waals surface area contributed by atoms with Gasteiger partial charge in [-0.25, -0.2) is 33.3 Å². The fourth-order valence-corrected chi connectivity index (χ4v) is 7.95. The molecule has 81 heavy (non-hydrogen) atoms. The minimum absolute atomic E-state index is 0.0455. The summed E-state index contributed by atoms with van der Waals surface area (Å²) in [5.74, 6) is -3.35. The van der Waals surface area contributed by atoms with Crippen LogP contribution in [0.4, 0.5) is 19.2 Å². The first-order valence-electron chi connectivity index (χ1n) is 28.7. The summed E-state index contributed by atoms with van der Waals surface area (Å²) in [4.78, 5) is 113. The second-order valence-corrected chi connectivity index (χ2v) is 29.1. The monoisotopic (exact) mass is 1150 g/mol. The van der Waals surface area contributed by atoms with Crippen LogP contribution in [-0.4, -0.2) is 115 Å². The Hall–Kier alpha value is -5.49. The maximum absolute atomic E-state index is 14.5. The number of carbonyl (C=O) groups is 8. The van der Waals surface area contributed by atoms with E-state index in [4.69, 9.17) is 37.9 Å².